The fourth-order valence-electron chi connectivity index (χ4n) is 2.49. The number of carboxylic acid groups (broad SMARTS) is 1. The van der Waals surface area contributed by atoms with Crippen molar-refractivity contribution in [2.45, 2.75) is 0 Å². The van der Waals surface area contributed by atoms with E-state index < -0.39 is 5.97 Å². The predicted octanol–water partition coefficient (Wildman–Crippen LogP) is 5.26. The van der Waals surface area contributed by atoms with Crippen LogP contribution >= 0.6 is 0 Å². The lowest BCUT2D eigenvalue weighted by atomic mass is 9.99. The first-order chi connectivity index (χ1) is 12.6. The standard InChI is InChI=1S/C23H15FO2/c24-21-15-13-19(14-16-21)22-8-4-3-7-18(22)6-2-1-5-17-9-11-20(12-10-17)23(25)26/h2-4,6-16H,(H,25,26). The summed E-state index contributed by atoms with van der Waals surface area (Å²) in [6.45, 7) is 0. The third-order valence-corrected chi connectivity index (χ3v) is 3.81. The molecule has 3 aromatic carbocycles. The van der Waals surface area contributed by atoms with Gasteiger partial charge < -0.3 is 5.11 Å². The third kappa shape index (κ3) is 4.25. The Hall–Kier alpha value is -3.64. The molecule has 0 amide bonds. The molecular formula is C23H15FO2. The van der Waals surface area contributed by atoms with Crippen molar-refractivity contribution in [1.82, 2.24) is 0 Å². The Morgan fingerprint density at radius 2 is 1.62 bits per heavy atom. The first-order valence-corrected chi connectivity index (χ1v) is 8.00. The van der Waals surface area contributed by atoms with E-state index >= 15 is 0 Å². The van der Waals surface area contributed by atoms with Gasteiger partial charge in [0.1, 0.15) is 5.82 Å². The highest BCUT2D eigenvalue weighted by Gasteiger charge is 2.02. The van der Waals surface area contributed by atoms with E-state index in [1.54, 1.807) is 30.3 Å². The molecule has 0 spiro atoms. The highest BCUT2D eigenvalue weighted by atomic mass is 19.1. The molecule has 0 atom stereocenters. The Balaban J connectivity index is 1.80. The van der Waals surface area contributed by atoms with Gasteiger partial charge in [-0.05, 0) is 65.2 Å². The summed E-state index contributed by atoms with van der Waals surface area (Å²) in [6, 6.07) is 20.6. The van der Waals surface area contributed by atoms with E-state index in [1.165, 1.54) is 24.3 Å². The van der Waals surface area contributed by atoms with Gasteiger partial charge in [0.05, 0.1) is 5.56 Å². The van der Waals surface area contributed by atoms with E-state index in [4.69, 9.17) is 5.11 Å². The van der Waals surface area contributed by atoms with Crippen LogP contribution in [-0.4, -0.2) is 11.1 Å². The normalized spacial score (nSPS) is 10.3. The second-order valence-electron chi connectivity index (χ2n) is 5.58. The smallest absolute Gasteiger partial charge is 0.335 e. The SMILES string of the molecule is O=C(O)c1ccc(C#CC=Cc2ccccc2-c2ccc(F)cc2)cc1. The lowest BCUT2D eigenvalue weighted by Gasteiger charge is -2.05. The number of hydrogen-bond acceptors (Lipinski definition) is 1. The van der Waals surface area contributed by atoms with Crippen molar-refractivity contribution >= 4 is 12.0 Å². The van der Waals surface area contributed by atoms with Gasteiger partial charge in [-0.25, -0.2) is 9.18 Å². The summed E-state index contributed by atoms with van der Waals surface area (Å²) < 4.78 is 13.1. The van der Waals surface area contributed by atoms with Crippen molar-refractivity contribution < 1.29 is 14.3 Å². The molecule has 3 rings (SSSR count). The second kappa shape index (κ2) is 7.96. The third-order valence-electron chi connectivity index (χ3n) is 3.81. The van der Waals surface area contributed by atoms with Gasteiger partial charge >= 0.3 is 5.97 Å². The number of carbonyl (C=O) groups is 1. The lowest BCUT2D eigenvalue weighted by molar-refractivity contribution is 0.0697. The Kier molecular flexibility index (Phi) is 5.26. The summed E-state index contributed by atoms with van der Waals surface area (Å²) in [4.78, 5) is 10.8. The number of rotatable bonds is 3. The zero-order valence-electron chi connectivity index (χ0n) is 13.8. The van der Waals surface area contributed by atoms with Crippen LogP contribution in [0.2, 0.25) is 0 Å². The molecule has 0 radical (unpaired) electrons. The maximum atomic E-state index is 13.1. The quantitative estimate of drug-likeness (QED) is 0.660. The van der Waals surface area contributed by atoms with Gasteiger partial charge in [0, 0.05) is 5.56 Å². The largest absolute Gasteiger partial charge is 0.478 e. The molecule has 3 aromatic rings. The van der Waals surface area contributed by atoms with Crippen molar-refractivity contribution in [2.75, 3.05) is 0 Å². The Labute approximate surface area is 151 Å². The molecule has 1 N–H and O–H groups in total. The number of aromatic carboxylic acids is 1. The molecule has 0 aromatic heterocycles. The summed E-state index contributed by atoms with van der Waals surface area (Å²) in [5.74, 6) is 4.70. The van der Waals surface area contributed by atoms with Gasteiger partial charge in [-0.15, -0.1) is 0 Å². The summed E-state index contributed by atoms with van der Waals surface area (Å²) in [6.07, 6.45) is 3.64. The van der Waals surface area contributed by atoms with Gasteiger partial charge in [0.25, 0.3) is 0 Å². The average Bonchev–Trinajstić information content (AvgIpc) is 2.67. The minimum Gasteiger partial charge on any atom is -0.478 e. The first-order valence-electron chi connectivity index (χ1n) is 8.00. The molecule has 0 aliphatic carbocycles. The molecule has 3 heteroatoms. The van der Waals surface area contributed by atoms with E-state index in [0.29, 0.717) is 0 Å². The van der Waals surface area contributed by atoms with Crippen molar-refractivity contribution in [2.24, 2.45) is 0 Å². The van der Waals surface area contributed by atoms with Gasteiger partial charge in [0.2, 0.25) is 0 Å². The van der Waals surface area contributed by atoms with E-state index in [9.17, 15) is 9.18 Å². The number of hydrogen-bond donors (Lipinski definition) is 1. The van der Waals surface area contributed by atoms with Crippen molar-refractivity contribution in [1.29, 1.82) is 0 Å². The van der Waals surface area contributed by atoms with Crippen LogP contribution in [-0.2, 0) is 0 Å². The van der Waals surface area contributed by atoms with Crippen LogP contribution in [0.5, 0.6) is 0 Å². The van der Waals surface area contributed by atoms with E-state index in [-0.39, 0.29) is 11.4 Å². The molecule has 2 nitrogen and oxygen atoms in total. The first kappa shape index (κ1) is 17.2. The monoisotopic (exact) mass is 342 g/mol. The van der Waals surface area contributed by atoms with Crippen LogP contribution in [0.4, 0.5) is 4.39 Å². The van der Waals surface area contributed by atoms with Crippen LogP contribution in [0.15, 0.2) is 78.9 Å². The summed E-state index contributed by atoms with van der Waals surface area (Å²) in [5, 5.41) is 8.88. The molecule has 0 saturated heterocycles. The van der Waals surface area contributed by atoms with Crippen LogP contribution < -0.4 is 0 Å². The summed E-state index contributed by atoms with van der Waals surface area (Å²) >= 11 is 0. The lowest BCUT2D eigenvalue weighted by Crippen LogP contribution is -1.94. The maximum absolute atomic E-state index is 13.1. The van der Waals surface area contributed by atoms with E-state index in [1.807, 2.05) is 30.3 Å². The van der Waals surface area contributed by atoms with Gasteiger partial charge in [-0.1, -0.05) is 48.2 Å². The Bertz CT molecular complexity index is 1000. The van der Waals surface area contributed by atoms with Crippen LogP contribution in [0.25, 0.3) is 17.2 Å². The fraction of sp³-hybridized carbons (Fsp3) is 0. The molecule has 26 heavy (non-hydrogen) atoms. The van der Waals surface area contributed by atoms with Gasteiger partial charge in [0.15, 0.2) is 0 Å². The zero-order chi connectivity index (χ0) is 18.4. The molecule has 0 fully saturated rings. The number of carboxylic acids is 1. The van der Waals surface area contributed by atoms with Gasteiger partial charge in [-0.3, -0.25) is 0 Å². The minimum atomic E-state index is -0.957. The maximum Gasteiger partial charge on any atom is 0.335 e. The highest BCUT2D eigenvalue weighted by molar-refractivity contribution is 5.87. The summed E-state index contributed by atoms with van der Waals surface area (Å²) in [5.41, 5.74) is 3.89. The second-order valence-corrected chi connectivity index (χ2v) is 5.58. The van der Waals surface area contributed by atoms with E-state index in [0.717, 1.165) is 22.3 Å². The molecule has 0 aliphatic heterocycles. The Morgan fingerprint density at radius 1 is 0.923 bits per heavy atom. The average molecular weight is 342 g/mol. The van der Waals surface area contributed by atoms with E-state index in [2.05, 4.69) is 11.8 Å². The molecular weight excluding hydrogens is 327 g/mol. The molecule has 0 saturated carbocycles. The van der Waals surface area contributed by atoms with Gasteiger partial charge in [-0.2, -0.15) is 0 Å². The molecule has 126 valence electrons. The molecule has 0 unspecified atom stereocenters. The molecule has 0 heterocycles. The number of benzene rings is 3. The zero-order valence-corrected chi connectivity index (χ0v) is 13.8. The van der Waals surface area contributed by atoms with Crippen molar-refractivity contribution in [3.63, 3.8) is 0 Å². The topological polar surface area (TPSA) is 37.3 Å². The van der Waals surface area contributed by atoms with Crippen LogP contribution in [0.3, 0.4) is 0 Å². The summed E-state index contributed by atoms with van der Waals surface area (Å²) in [7, 11) is 0. The molecule has 0 bridgehead atoms. The number of allylic oxidation sites excluding steroid dienone is 1. The molecule has 0 aliphatic rings. The Morgan fingerprint density at radius 3 is 2.31 bits per heavy atom. The van der Waals surface area contributed by atoms with Crippen LogP contribution in [0.1, 0.15) is 21.5 Å². The van der Waals surface area contributed by atoms with Crippen molar-refractivity contribution in [3.8, 4) is 23.0 Å². The van der Waals surface area contributed by atoms with Crippen molar-refractivity contribution in [3.05, 3.63) is 101 Å². The fourth-order valence-corrected chi connectivity index (χ4v) is 2.49. The number of halogens is 1. The predicted molar refractivity (Wildman–Crippen MR) is 101 cm³/mol. The highest BCUT2D eigenvalue weighted by Crippen LogP contribution is 2.24. The van der Waals surface area contributed by atoms with Crippen LogP contribution in [0, 0.1) is 17.7 Å². The minimum absolute atomic E-state index is 0.235.